The standard InChI is InChI=1S/C25H22FNO4/c26-19-11-8-16(9-12-19)4-3-5-17(15-24(28)29)25(27-30)18-10-13-23-21(14-18)20-6-1-2-7-22(20)31-23/h1-2,6-14,17,30H,3-5,15H2,(H,28,29). The summed E-state index contributed by atoms with van der Waals surface area (Å²) in [5.41, 5.74) is 3.46. The Morgan fingerprint density at radius 3 is 2.48 bits per heavy atom. The number of benzene rings is 3. The first-order valence-electron chi connectivity index (χ1n) is 10.1. The topological polar surface area (TPSA) is 83.0 Å². The van der Waals surface area contributed by atoms with E-state index < -0.39 is 11.9 Å². The summed E-state index contributed by atoms with van der Waals surface area (Å²) < 4.78 is 18.9. The molecule has 4 aromatic rings. The molecule has 4 rings (SSSR count). The monoisotopic (exact) mass is 419 g/mol. The largest absolute Gasteiger partial charge is 0.481 e. The van der Waals surface area contributed by atoms with E-state index in [9.17, 15) is 19.5 Å². The van der Waals surface area contributed by atoms with E-state index in [1.165, 1.54) is 12.1 Å². The zero-order valence-electron chi connectivity index (χ0n) is 16.8. The van der Waals surface area contributed by atoms with Crippen molar-refractivity contribution < 1.29 is 23.9 Å². The number of carbonyl (C=O) groups is 1. The summed E-state index contributed by atoms with van der Waals surface area (Å²) in [5.74, 6) is -1.70. The summed E-state index contributed by atoms with van der Waals surface area (Å²) >= 11 is 0. The fourth-order valence-electron chi connectivity index (χ4n) is 4.01. The second-order valence-electron chi connectivity index (χ2n) is 7.61. The molecule has 0 spiro atoms. The number of aliphatic carboxylic acids is 1. The number of nitrogens with zero attached hydrogens (tertiary/aromatic N) is 1. The van der Waals surface area contributed by atoms with Crippen LogP contribution in [0.4, 0.5) is 4.39 Å². The molecule has 0 radical (unpaired) electrons. The third-order valence-corrected chi connectivity index (χ3v) is 5.52. The van der Waals surface area contributed by atoms with Gasteiger partial charge >= 0.3 is 5.97 Å². The van der Waals surface area contributed by atoms with Crippen molar-refractivity contribution in [3.8, 4) is 0 Å². The molecule has 1 aromatic heterocycles. The van der Waals surface area contributed by atoms with Crippen LogP contribution in [0.5, 0.6) is 0 Å². The molecular formula is C25H22FNO4. The molecule has 0 bridgehead atoms. The molecule has 0 aliphatic heterocycles. The maximum Gasteiger partial charge on any atom is 0.304 e. The van der Waals surface area contributed by atoms with Gasteiger partial charge < -0.3 is 14.7 Å². The number of rotatable bonds is 8. The van der Waals surface area contributed by atoms with Crippen LogP contribution in [0.2, 0.25) is 0 Å². The van der Waals surface area contributed by atoms with E-state index in [-0.39, 0.29) is 12.2 Å². The van der Waals surface area contributed by atoms with E-state index >= 15 is 0 Å². The van der Waals surface area contributed by atoms with Gasteiger partial charge in [-0.1, -0.05) is 35.5 Å². The van der Waals surface area contributed by atoms with Crippen molar-refractivity contribution in [2.45, 2.75) is 25.7 Å². The first-order chi connectivity index (χ1) is 15.0. The predicted octanol–water partition coefficient (Wildman–Crippen LogP) is 6.02. The van der Waals surface area contributed by atoms with Crippen LogP contribution < -0.4 is 0 Å². The van der Waals surface area contributed by atoms with Crippen molar-refractivity contribution >= 4 is 33.6 Å². The molecule has 0 fully saturated rings. The van der Waals surface area contributed by atoms with Crippen molar-refractivity contribution in [2.24, 2.45) is 11.1 Å². The fraction of sp³-hybridized carbons (Fsp3) is 0.200. The van der Waals surface area contributed by atoms with Gasteiger partial charge in [-0.2, -0.15) is 0 Å². The Bertz CT molecular complexity index is 1240. The molecule has 0 aliphatic rings. The molecule has 2 N–H and O–H groups in total. The Morgan fingerprint density at radius 2 is 1.74 bits per heavy atom. The lowest BCUT2D eigenvalue weighted by Crippen LogP contribution is -2.20. The Labute approximate surface area is 178 Å². The number of carboxylic acid groups (broad SMARTS) is 1. The number of hydrogen-bond donors (Lipinski definition) is 2. The number of carboxylic acids is 1. The highest BCUT2D eigenvalue weighted by Crippen LogP contribution is 2.31. The van der Waals surface area contributed by atoms with E-state index in [0.29, 0.717) is 36.1 Å². The smallest absolute Gasteiger partial charge is 0.304 e. The Balaban J connectivity index is 1.59. The highest BCUT2D eigenvalue weighted by Gasteiger charge is 2.22. The number of furan rings is 1. The molecule has 158 valence electrons. The molecule has 1 heterocycles. The van der Waals surface area contributed by atoms with E-state index in [0.717, 1.165) is 21.9 Å². The highest BCUT2D eigenvalue weighted by atomic mass is 19.1. The van der Waals surface area contributed by atoms with E-state index in [4.69, 9.17) is 4.42 Å². The Kier molecular flexibility index (Phi) is 5.98. The van der Waals surface area contributed by atoms with Gasteiger partial charge in [-0.05, 0) is 61.2 Å². The maximum absolute atomic E-state index is 13.1. The molecule has 0 saturated carbocycles. The molecule has 1 unspecified atom stereocenters. The van der Waals surface area contributed by atoms with Gasteiger partial charge in [0.1, 0.15) is 17.0 Å². The van der Waals surface area contributed by atoms with Crippen LogP contribution in [0.3, 0.4) is 0 Å². The summed E-state index contributed by atoms with van der Waals surface area (Å²) in [4.78, 5) is 11.5. The first kappa shape index (κ1) is 20.6. The number of para-hydroxylation sites is 1. The van der Waals surface area contributed by atoms with Gasteiger partial charge in [0.15, 0.2) is 0 Å². The summed E-state index contributed by atoms with van der Waals surface area (Å²) in [7, 11) is 0. The Morgan fingerprint density at radius 1 is 1.00 bits per heavy atom. The lowest BCUT2D eigenvalue weighted by molar-refractivity contribution is -0.137. The number of oxime groups is 1. The summed E-state index contributed by atoms with van der Waals surface area (Å²) in [6, 6.07) is 19.4. The first-order valence-corrected chi connectivity index (χ1v) is 10.1. The molecule has 3 aromatic carbocycles. The van der Waals surface area contributed by atoms with Crippen molar-refractivity contribution in [1.29, 1.82) is 0 Å². The summed E-state index contributed by atoms with van der Waals surface area (Å²) in [5, 5.41) is 24.5. The van der Waals surface area contributed by atoms with Crippen LogP contribution >= 0.6 is 0 Å². The number of fused-ring (bicyclic) bond motifs is 3. The van der Waals surface area contributed by atoms with E-state index in [1.807, 2.05) is 36.4 Å². The van der Waals surface area contributed by atoms with Crippen LogP contribution in [-0.4, -0.2) is 22.0 Å². The van der Waals surface area contributed by atoms with Gasteiger partial charge in [0.05, 0.1) is 12.1 Å². The molecule has 5 nitrogen and oxygen atoms in total. The van der Waals surface area contributed by atoms with E-state index in [1.54, 1.807) is 18.2 Å². The minimum Gasteiger partial charge on any atom is -0.481 e. The molecular weight excluding hydrogens is 397 g/mol. The zero-order valence-corrected chi connectivity index (χ0v) is 16.8. The Hall–Kier alpha value is -3.67. The van der Waals surface area contributed by atoms with Gasteiger partial charge in [0.2, 0.25) is 0 Å². The number of halogens is 1. The quantitative estimate of drug-likeness (QED) is 0.208. The molecule has 0 aliphatic carbocycles. The van der Waals surface area contributed by atoms with Gasteiger partial charge in [0.25, 0.3) is 0 Å². The van der Waals surface area contributed by atoms with Crippen molar-refractivity contribution in [3.05, 3.63) is 83.7 Å². The van der Waals surface area contributed by atoms with E-state index in [2.05, 4.69) is 5.16 Å². The highest BCUT2D eigenvalue weighted by molar-refractivity contribution is 6.10. The molecule has 1 atom stereocenters. The van der Waals surface area contributed by atoms with Crippen LogP contribution in [0.25, 0.3) is 21.9 Å². The minimum absolute atomic E-state index is 0.146. The fourth-order valence-corrected chi connectivity index (χ4v) is 4.01. The van der Waals surface area contributed by atoms with Crippen molar-refractivity contribution in [2.75, 3.05) is 0 Å². The lowest BCUT2D eigenvalue weighted by atomic mass is 9.88. The zero-order chi connectivity index (χ0) is 21.8. The van der Waals surface area contributed by atoms with Crippen LogP contribution in [0, 0.1) is 11.7 Å². The van der Waals surface area contributed by atoms with Crippen LogP contribution in [0.1, 0.15) is 30.4 Å². The molecule has 31 heavy (non-hydrogen) atoms. The van der Waals surface area contributed by atoms with Crippen molar-refractivity contribution in [1.82, 2.24) is 0 Å². The van der Waals surface area contributed by atoms with Crippen molar-refractivity contribution in [3.63, 3.8) is 0 Å². The summed E-state index contributed by atoms with van der Waals surface area (Å²) in [6.07, 6.45) is 1.74. The predicted molar refractivity (Wildman–Crippen MR) is 117 cm³/mol. The molecule has 6 heteroatoms. The minimum atomic E-state index is -0.956. The second kappa shape index (κ2) is 9.00. The third-order valence-electron chi connectivity index (χ3n) is 5.52. The maximum atomic E-state index is 13.1. The van der Waals surface area contributed by atoms with Gasteiger partial charge in [-0.15, -0.1) is 0 Å². The van der Waals surface area contributed by atoms with Gasteiger partial charge in [0, 0.05) is 22.3 Å². The number of hydrogen-bond acceptors (Lipinski definition) is 4. The average molecular weight is 419 g/mol. The van der Waals surface area contributed by atoms with Gasteiger partial charge in [-0.3, -0.25) is 4.79 Å². The SMILES string of the molecule is O=C(O)CC(CCCc1ccc(F)cc1)C(=NO)c1ccc2oc3ccccc3c2c1. The lowest BCUT2D eigenvalue weighted by Gasteiger charge is -2.17. The van der Waals surface area contributed by atoms with Crippen LogP contribution in [0.15, 0.2) is 76.3 Å². The average Bonchev–Trinajstić information content (AvgIpc) is 3.13. The second-order valence-corrected chi connectivity index (χ2v) is 7.61. The van der Waals surface area contributed by atoms with Crippen LogP contribution in [-0.2, 0) is 11.2 Å². The molecule has 0 amide bonds. The normalized spacial score (nSPS) is 13.0. The summed E-state index contributed by atoms with van der Waals surface area (Å²) in [6.45, 7) is 0. The number of aryl methyl sites for hydroxylation is 1. The third kappa shape index (κ3) is 4.58. The van der Waals surface area contributed by atoms with Gasteiger partial charge in [-0.25, -0.2) is 4.39 Å². The molecule has 0 saturated heterocycles.